The molecule has 1 aromatic rings. The third-order valence-corrected chi connectivity index (χ3v) is 18.8. The molecular weight excluding hydrogens is 912 g/mol. The normalized spacial score (nSPS) is 13.8. The van der Waals surface area contributed by atoms with Gasteiger partial charge in [-0.3, -0.25) is 0 Å². The van der Waals surface area contributed by atoms with Gasteiger partial charge in [-0.1, -0.05) is 13.3 Å². The van der Waals surface area contributed by atoms with Crippen LogP contribution in [0.4, 0.5) is 0 Å². The molecule has 0 bridgehead atoms. The van der Waals surface area contributed by atoms with Crippen LogP contribution in [0.1, 0.15) is 53.1 Å². The first kappa shape index (κ1) is 42.7. The van der Waals surface area contributed by atoms with Crippen molar-refractivity contribution in [3.05, 3.63) is 33.4 Å². The zero-order chi connectivity index (χ0) is 31.2. The first-order valence-corrected chi connectivity index (χ1v) is 38.6. The quantitative estimate of drug-likeness (QED) is 0.102. The third kappa shape index (κ3) is 18.9. The number of benzene rings is 1. The lowest BCUT2D eigenvalue weighted by Crippen LogP contribution is -2.22. The summed E-state index contributed by atoms with van der Waals surface area (Å²) in [5, 5.41) is 0. The molecule has 1 rings (SSSR count). The van der Waals surface area contributed by atoms with E-state index in [2.05, 4.69) is 6.92 Å². The lowest BCUT2D eigenvalue weighted by Gasteiger charge is -2.29. The van der Waals surface area contributed by atoms with Crippen LogP contribution in [0.5, 0.6) is 0 Å². The van der Waals surface area contributed by atoms with E-state index in [0.29, 0.717) is 62.3 Å². The molecule has 1 aromatic carbocycles. The van der Waals surface area contributed by atoms with Crippen molar-refractivity contribution >= 4 is 196 Å². The standard InChI is InChI=1S/C20H29Cl15Si5/c1-2-3-4-15-16(5-10-36(21,22)23)18(7-12-38(27,28)29)20(9-14-40(33,34)35)19(8-13-39(30,31)32)17(15)6-11-37(24,25)26/h2-14H2,1H3. The van der Waals surface area contributed by atoms with Gasteiger partial charge in [-0.25, -0.2) is 0 Å². The van der Waals surface area contributed by atoms with Gasteiger partial charge in [0.1, 0.15) is 0 Å². The molecule has 0 amide bonds. The highest BCUT2D eigenvalue weighted by molar-refractivity contribution is 7.66. The Labute approximate surface area is 314 Å². The van der Waals surface area contributed by atoms with E-state index in [0.717, 1.165) is 52.6 Å². The van der Waals surface area contributed by atoms with Gasteiger partial charge in [0.25, 0.3) is 0 Å². The summed E-state index contributed by atoms with van der Waals surface area (Å²) in [6.07, 6.45) is 5.35. The molecule has 40 heavy (non-hydrogen) atoms. The Morgan fingerprint density at radius 2 is 0.500 bits per heavy atom. The molecule has 0 aromatic heterocycles. The number of hydrogen-bond donors (Lipinski definition) is 0. The Morgan fingerprint density at radius 1 is 0.325 bits per heavy atom. The monoisotopic (exact) mass is 934 g/mol. The zero-order valence-corrected chi connectivity index (χ0v) is 37.7. The summed E-state index contributed by atoms with van der Waals surface area (Å²) in [5.41, 5.74) is 6.46. The molecule has 0 spiro atoms. The van der Waals surface area contributed by atoms with Gasteiger partial charge in [-0.05, 0) is 109 Å². The Bertz CT molecular complexity index is 886. The van der Waals surface area contributed by atoms with Crippen LogP contribution in [0.2, 0.25) is 30.2 Å². The first-order valence-electron chi connectivity index (χ1n) is 12.4. The Morgan fingerprint density at radius 3 is 0.650 bits per heavy atom. The highest BCUT2D eigenvalue weighted by atomic mass is 35.9. The molecule has 0 unspecified atom stereocenters. The van der Waals surface area contributed by atoms with Gasteiger partial charge in [0.15, 0.2) is 0 Å². The molecule has 0 radical (unpaired) electrons. The van der Waals surface area contributed by atoms with E-state index in [9.17, 15) is 0 Å². The summed E-state index contributed by atoms with van der Waals surface area (Å²) in [5.74, 6) is 0. The van der Waals surface area contributed by atoms with Gasteiger partial charge < -0.3 is 0 Å². The Balaban J connectivity index is 4.14. The molecule has 0 nitrogen and oxygen atoms in total. The van der Waals surface area contributed by atoms with Crippen molar-refractivity contribution in [2.24, 2.45) is 0 Å². The second-order valence-electron chi connectivity index (χ2n) is 9.55. The number of unbranched alkanes of at least 4 members (excludes halogenated alkanes) is 1. The second kappa shape index (κ2) is 18.4. The van der Waals surface area contributed by atoms with Crippen molar-refractivity contribution in [1.29, 1.82) is 0 Å². The number of hydrogen-bond acceptors (Lipinski definition) is 0. The molecule has 0 fully saturated rings. The summed E-state index contributed by atoms with van der Waals surface area (Å²) in [4.78, 5) is 0. The van der Waals surface area contributed by atoms with Gasteiger partial charge in [0.05, 0.1) is 0 Å². The van der Waals surface area contributed by atoms with E-state index in [1.807, 2.05) is 0 Å². The topological polar surface area (TPSA) is 0 Å². The molecule has 0 heterocycles. The van der Waals surface area contributed by atoms with Crippen LogP contribution in [0.15, 0.2) is 0 Å². The summed E-state index contributed by atoms with van der Waals surface area (Å²) < 4.78 is 0. The fourth-order valence-electron chi connectivity index (χ4n) is 4.59. The molecule has 0 aliphatic carbocycles. The summed E-state index contributed by atoms with van der Waals surface area (Å²) >= 11 is 95.6. The average Bonchev–Trinajstić information content (AvgIpc) is 2.73. The van der Waals surface area contributed by atoms with Crippen molar-refractivity contribution in [3.8, 4) is 0 Å². The van der Waals surface area contributed by atoms with Gasteiger partial charge in [-0.2, -0.15) is 0 Å². The fourth-order valence-corrected chi connectivity index (χ4v) is 11.5. The van der Waals surface area contributed by atoms with Crippen LogP contribution in [0, 0.1) is 0 Å². The first-order chi connectivity index (χ1) is 17.9. The fraction of sp³-hybridized carbons (Fsp3) is 0.700. The SMILES string of the molecule is CCCCc1c(CC[Si](Cl)(Cl)Cl)c(CC[Si](Cl)(Cl)Cl)c(CC[Si](Cl)(Cl)Cl)c(CC[Si](Cl)(Cl)Cl)c1CC[Si](Cl)(Cl)Cl. The van der Waals surface area contributed by atoms with E-state index < -0.39 is 30.0 Å². The predicted molar refractivity (Wildman–Crippen MR) is 204 cm³/mol. The van der Waals surface area contributed by atoms with Crippen LogP contribution in [0.3, 0.4) is 0 Å². The van der Waals surface area contributed by atoms with E-state index in [-0.39, 0.29) is 0 Å². The molecule has 0 aliphatic heterocycles. The van der Waals surface area contributed by atoms with Crippen molar-refractivity contribution in [2.45, 2.75) is 88.5 Å². The largest absolute Gasteiger partial charge is 0.341 e. The maximum Gasteiger partial charge on any atom is 0.341 e. The maximum absolute atomic E-state index is 6.37. The van der Waals surface area contributed by atoms with Crippen LogP contribution >= 0.6 is 166 Å². The summed E-state index contributed by atoms with van der Waals surface area (Å²) in [7, 11) is 0. The molecule has 0 saturated heterocycles. The van der Waals surface area contributed by atoms with Crippen LogP contribution in [0.25, 0.3) is 0 Å². The van der Waals surface area contributed by atoms with E-state index in [1.54, 1.807) is 0 Å². The third-order valence-electron chi connectivity index (χ3n) is 6.26. The van der Waals surface area contributed by atoms with Crippen LogP contribution < -0.4 is 0 Å². The Kier molecular flexibility index (Phi) is 19.7. The molecule has 0 atom stereocenters. The number of rotatable bonds is 18. The van der Waals surface area contributed by atoms with Crippen molar-refractivity contribution < 1.29 is 0 Å². The smallest absolute Gasteiger partial charge is 0.126 e. The molecule has 20 heteroatoms. The molecular formula is C20H29Cl15Si5. The predicted octanol–water partition coefficient (Wildman–Crippen LogP) is 14.0. The lowest BCUT2D eigenvalue weighted by atomic mass is 9.80. The van der Waals surface area contributed by atoms with Crippen LogP contribution in [-0.4, -0.2) is 30.0 Å². The van der Waals surface area contributed by atoms with Gasteiger partial charge in [-0.15, -0.1) is 166 Å². The average molecular weight is 942 g/mol. The summed E-state index contributed by atoms with van der Waals surface area (Å²) in [6, 6.07) is -12.9. The molecule has 0 N–H and O–H groups in total. The highest BCUT2D eigenvalue weighted by Crippen LogP contribution is 2.42. The highest BCUT2D eigenvalue weighted by Gasteiger charge is 2.35. The minimum absolute atomic E-state index is 0.389. The van der Waals surface area contributed by atoms with E-state index in [4.69, 9.17) is 166 Å². The van der Waals surface area contributed by atoms with Gasteiger partial charge >= 0.3 is 30.0 Å². The van der Waals surface area contributed by atoms with Crippen LogP contribution in [-0.2, 0) is 38.5 Å². The molecule has 0 saturated carbocycles. The van der Waals surface area contributed by atoms with E-state index >= 15 is 0 Å². The lowest BCUT2D eigenvalue weighted by molar-refractivity contribution is 0.765. The minimum atomic E-state index is -3.01. The van der Waals surface area contributed by atoms with Gasteiger partial charge in [0.2, 0.25) is 0 Å². The van der Waals surface area contributed by atoms with Gasteiger partial charge in [0, 0.05) is 0 Å². The zero-order valence-electron chi connectivity index (χ0n) is 21.4. The summed E-state index contributed by atoms with van der Waals surface area (Å²) in [6.45, 7) is 2.13. The van der Waals surface area contributed by atoms with Crippen molar-refractivity contribution in [1.82, 2.24) is 0 Å². The van der Waals surface area contributed by atoms with Crippen molar-refractivity contribution in [2.75, 3.05) is 0 Å². The number of halogens is 15. The Hall–Kier alpha value is 4.65. The minimum Gasteiger partial charge on any atom is -0.126 e. The van der Waals surface area contributed by atoms with E-state index in [1.165, 1.54) is 0 Å². The second-order valence-corrected chi connectivity index (χ2v) is 55.9. The van der Waals surface area contributed by atoms with Crippen molar-refractivity contribution in [3.63, 3.8) is 0 Å². The maximum atomic E-state index is 6.37. The molecule has 234 valence electrons. The molecule has 0 aliphatic rings.